The van der Waals surface area contributed by atoms with Gasteiger partial charge in [-0.2, -0.15) is 10.1 Å². The average Bonchev–Trinajstić information content (AvgIpc) is 2.97. The lowest BCUT2D eigenvalue weighted by atomic mass is 9.85. The Morgan fingerprint density at radius 2 is 1.64 bits per heavy atom. The molecule has 6 heteroatoms. The molecule has 4 aliphatic rings. The van der Waals surface area contributed by atoms with E-state index in [9.17, 15) is 9.59 Å². The van der Waals surface area contributed by atoms with E-state index in [1.54, 1.807) is 18.2 Å². The maximum absolute atomic E-state index is 12.9. The molecular formula is C22H17ClN2O3. The van der Waals surface area contributed by atoms with Gasteiger partial charge in [-0.25, -0.2) is 0 Å². The van der Waals surface area contributed by atoms with Crippen LogP contribution in [-0.2, 0) is 9.59 Å². The van der Waals surface area contributed by atoms with E-state index in [4.69, 9.17) is 16.0 Å². The van der Waals surface area contributed by atoms with Crippen LogP contribution < -0.4 is 0 Å². The Morgan fingerprint density at radius 3 is 2.25 bits per heavy atom. The highest BCUT2D eigenvalue weighted by molar-refractivity contribution is 6.30. The van der Waals surface area contributed by atoms with Gasteiger partial charge in [0.15, 0.2) is 0 Å². The summed E-state index contributed by atoms with van der Waals surface area (Å²) in [4.78, 5) is 25.8. The van der Waals surface area contributed by atoms with Crippen molar-refractivity contribution in [3.63, 3.8) is 0 Å². The van der Waals surface area contributed by atoms with Crippen LogP contribution in [0.15, 0.2) is 58.1 Å². The van der Waals surface area contributed by atoms with Crippen LogP contribution in [-0.4, -0.2) is 23.0 Å². The molecule has 0 radical (unpaired) electrons. The number of hydrogen-bond donors (Lipinski definition) is 0. The summed E-state index contributed by atoms with van der Waals surface area (Å²) in [7, 11) is 0. The molecule has 2 amide bonds. The molecule has 6 rings (SSSR count). The van der Waals surface area contributed by atoms with Crippen LogP contribution in [0.3, 0.4) is 0 Å². The first-order valence-electron chi connectivity index (χ1n) is 9.54. The zero-order valence-corrected chi connectivity index (χ0v) is 15.7. The molecule has 2 saturated carbocycles. The van der Waals surface area contributed by atoms with Gasteiger partial charge in [0.2, 0.25) is 0 Å². The molecule has 28 heavy (non-hydrogen) atoms. The van der Waals surface area contributed by atoms with Crippen molar-refractivity contribution in [2.24, 2.45) is 34.2 Å². The predicted octanol–water partition coefficient (Wildman–Crippen LogP) is 4.13. The van der Waals surface area contributed by atoms with Gasteiger partial charge in [0, 0.05) is 10.6 Å². The molecule has 5 nitrogen and oxygen atoms in total. The van der Waals surface area contributed by atoms with E-state index in [1.165, 1.54) is 6.21 Å². The standard InChI is InChI=1S/C22H17ClN2O3/c23-13-3-1-12(2-4-13)17-8-5-14(28-17)11-24-25-20(26)18-15-6-7-16(19(18)21(25)27)22(15)9-10-22/h1-8,11,15-16,18-19H,9-10H2. The third-order valence-corrected chi connectivity index (χ3v) is 7.14. The molecule has 2 heterocycles. The first-order valence-corrected chi connectivity index (χ1v) is 9.92. The maximum Gasteiger partial charge on any atom is 0.254 e. The Kier molecular flexibility index (Phi) is 3.17. The molecule has 1 spiro atoms. The third kappa shape index (κ3) is 2.05. The number of furan rings is 1. The molecule has 3 fully saturated rings. The topological polar surface area (TPSA) is 62.9 Å². The van der Waals surface area contributed by atoms with Crippen LogP contribution in [0.5, 0.6) is 0 Å². The lowest BCUT2D eigenvalue weighted by Gasteiger charge is -2.18. The highest BCUT2D eigenvalue weighted by atomic mass is 35.5. The molecule has 3 aliphatic carbocycles. The number of rotatable bonds is 3. The van der Waals surface area contributed by atoms with Gasteiger partial charge in [-0.05, 0) is 66.5 Å². The number of halogens is 1. The van der Waals surface area contributed by atoms with E-state index >= 15 is 0 Å². The van der Waals surface area contributed by atoms with Crippen molar-refractivity contribution in [2.45, 2.75) is 12.8 Å². The molecule has 2 bridgehead atoms. The zero-order chi connectivity index (χ0) is 19.0. The SMILES string of the molecule is O=C1C2C(C(=O)N1N=Cc1ccc(-c3ccc(Cl)cc3)o1)C1C=CC2C12CC2. The summed E-state index contributed by atoms with van der Waals surface area (Å²) in [6, 6.07) is 10.9. The number of allylic oxidation sites excluding steroid dienone is 2. The smallest absolute Gasteiger partial charge is 0.254 e. The molecule has 0 N–H and O–H groups in total. The van der Waals surface area contributed by atoms with Gasteiger partial charge in [0.1, 0.15) is 11.5 Å². The Morgan fingerprint density at radius 1 is 1.00 bits per heavy atom. The van der Waals surface area contributed by atoms with E-state index in [2.05, 4.69) is 17.3 Å². The summed E-state index contributed by atoms with van der Waals surface area (Å²) < 4.78 is 5.78. The largest absolute Gasteiger partial charge is 0.455 e. The quantitative estimate of drug-likeness (QED) is 0.448. The molecular weight excluding hydrogens is 376 g/mol. The van der Waals surface area contributed by atoms with E-state index in [-0.39, 0.29) is 40.9 Å². The molecule has 4 atom stereocenters. The van der Waals surface area contributed by atoms with Crippen molar-refractivity contribution in [3.8, 4) is 11.3 Å². The molecule has 2 aromatic rings. The van der Waals surface area contributed by atoms with E-state index in [0.29, 0.717) is 16.5 Å². The van der Waals surface area contributed by atoms with Crippen LogP contribution >= 0.6 is 11.6 Å². The summed E-state index contributed by atoms with van der Waals surface area (Å²) in [6.07, 6.45) is 8.01. The Bertz CT molecular complexity index is 1030. The number of fused-ring (bicyclic) bond motifs is 3. The fourth-order valence-corrected chi connectivity index (χ4v) is 5.61. The van der Waals surface area contributed by atoms with Crippen molar-refractivity contribution >= 4 is 29.6 Å². The maximum atomic E-state index is 12.9. The van der Waals surface area contributed by atoms with Gasteiger partial charge >= 0.3 is 0 Å². The van der Waals surface area contributed by atoms with Crippen LogP contribution in [0, 0.1) is 29.1 Å². The van der Waals surface area contributed by atoms with Crippen LogP contribution in [0.1, 0.15) is 18.6 Å². The fourth-order valence-electron chi connectivity index (χ4n) is 5.48. The molecule has 140 valence electrons. The summed E-state index contributed by atoms with van der Waals surface area (Å²) in [5.74, 6) is 0.775. The Hall–Kier alpha value is -2.66. The van der Waals surface area contributed by atoms with Crippen molar-refractivity contribution < 1.29 is 14.0 Å². The minimum absolute atomic E-state index is 0.168. The van der Waals surface area contributed by atoms with Crippen molar-refractivity contribution in [2.75, 3.05) is 0 Å². The van der Waals surface area contributed by atoms with Crippen molar-refractivity contribution in [1.29, 1.82) is 0 Å². The molecule has 1 aliphatic heterocycles. The number of hydrogen-bond acceptors (Lipinski definition) is 4. The summed E-state index contributed by atoms with van der Waals surface area (Å²) in [6.45, 7) is 0. The second kappa shape index (κ2) is 5.45. The van der Waals surface area contributed by atoms with Gasteiger partial charge in [0.25, 0.3) is 11.8 Å². The predicted molar refractivity (Wildman–Crippen MR) is 103 cm³/mol. The lowest BCUT2D eigenvalue weighted by molar-refractivity contribution is -0.141. The zero-order valence-electron chi connectivity index (χ0n) is 14.9. The summed E-state index contributed by atoms with van der Waals surface area (Å²) in [5.41, 5.74) is 1.09. The first-order chi connectivity index (χ1) is 13.6. The van der Waals surface area contributed by atoms with Gasteiger partial charge in [-0.3, -0.25) is 9.59 Å². The number of imide groups is 1. The molecule has 1 aromatic carbocycles. The van der Waals surface area contributed by atoms with Gasteiger partial charge in [-0.1, -0.05) is 23.8 Å². The fraction of sp³-hybridized carbons (Fsp3) is 0.318. The normalized spacial score (nSPS) is 31.5. The van der Waals surface area contributed by atoms with Crippen molar-refractivity contribution in [1.82, 2.24) is 5.01 Å². The van der Waals surface area contributed by atoms with E-state index in [0.717, 1.165) is 23.4 Å². The highest BCUT2D eigenvalue weighted by Gasteiger charge is 2.73. The van der Waals surface area contributed by atoms with Crippen LogP contribution in [0.2, 0.25) is 5.02 Å². The van der Waals surface area contributed by atoms with Gasteiger partial charge in [0.05, 0.1) is 18.1 Å². The minimum atomic E-state index is -0.233. The highest BCUT2D eigenvalue weighted by Crippen LogP contribution is 2.73. The van der Waals surface area contributed by atoms with Crippen LogP contribution in [0.25, 0.3) is 11.3 Å². The van der Waals surface area contributed by atoms with E-state index < -0.39 is 0 Å². The number of carbonyl (C=O) groups excluding carboxylic acids is 2. The van der Waals surface area contributed by atoms with E-state index in [1.807, 2.05) is 18.2 Å². The number of benzene rings is 1. The average molecular weight is 393 g/mol. The molecule has 1 aromatic heterocycles. The van der Waals surface area contributed by atoms with Crippen molar-refractivity contribution in [3.05, 3.63) is 59.3 Å². The number of nitrogens with zero attached hydrogens (tertiary/aromatic N) is 2. The van der Waals surface area contributed by atoms with Gasteiger partial charge < -0.3 is 4.42 Å². The second-order valence-electron chi connectivity index (χ2n) is 8.16. The summed E-state index contributed by atoms with van der Waals surface area (Å²) >= 11 is 5.92. The summed E-state index contributed by atoms with van der Waals surface area (Å²) in [5, 5.41) is 5.91. The molecule has 4 unspecified atom stereocenters. The molecule has 1 saturated heterocycles. The minimum Gasteiger partial charge on any atom is -0.455 e. The van der Waals surface area contributed by atoms with Crippen LogP contribution in [0.4, 0.5) is 0 Å². The number of carbonyl (C=O) groups is 2. The monoisotopic (exact) mass is 392 g/mol. The number of hydrazone groups is 1. The first kappa shape index (κ1) is 16.3. The Labute approximate surface area is 166 Å². The number of amides is 2. The Balaban J connectivity index is 1.24. The lowest BCUT2D eigenvalue weighted by Crippen LogP contribution is -2.30. The second-order valence-corrected chi connectivity index (χ2v) is 8.60. The van der Waals surface area contributed by atoms with Gasteiger partial charge in [-0.15, -0.1) is 0 Å². The third-order valence-electron chi connectivity index (χ3n) is 6.89.